The van der Waals surface area contributed by atoms with Crippen LogP contribution in [0.4, 0.5) is 13.2 Å². The molecule has 0 radical (unpaired) electrons. The summed E-state index contributed by atoms with van der Waals surface area (Å²) in [6.07, 6.45) is -4.16. The van der Waals surface area contributed by atoms with E-state index in [0.717, 1.165) is 12.1 Å². The van der Waals surface area contributed by atoms with E-state index in [0.29, 0.717) is 0 Å². The van der Waals surface area contributed by atoms with Crippen LogP contribution >= 0.6 is 23.2 Å². The summed E-state index contributed by atoms with van der Waals surface area (Å²) in [6, 6.07) is 4.61. The van der Waals surface area contributed by atoms with Crippen molar-refractivity contribution in [1.29, 1.82) is 0 Å². The predicted molar refractivity (Wildman–Crippen MR) is 68.4 cm³/mol. The summed E-state index contributed by atoms with van der Waals surface area (Å²) in [5.41, 5.74) is -1.52. The van der Waals surface area contributed by atoms with Gasteiger partial charge in [-0.2, -0.15) is 13.2 Å². The molecule has 20 heavy (non-hydrogen) atoms. The summed E-state index contributed by atoms with van der Waals surface area (Å²) < 4.78 is 41.4. The van der Waals surface area contributed by atoms with Gasteiger partial charge in [-0.15, -0.1) is 23.2 Å². The zero-order chi connectivity index (χ0) is 15.2. The van der Waals surface area contributed by atoms with Gasteiger partial charge < -0.3 is 4.74 Å². The number of halogens is 5. The molecule has 2 rings (SSSR count). The van der Waals surface area contributed by atoms with Crippen LogP contribution in [0.2, 0.25) is 0 Å². The molecule has 110 valence electrons. The maximum atomic E-state index is 12.5. The molecule has 0 heterocycles. The molecule has 1 aromatic carbocycles. The molecule has 0 bridgehead atoms. The lowest BCUT2D eigenvalue weighted by Crippen LogP contribution is -2.21. The second-order valence-corrected chi connectivity index (χ2v) is 6.47. The van der Waals surface area contributed by atoms with Gasteiger partial charge in [0.05, 0.1) is 5.56 Å². The highest BCUT2D eigenvalue weighted by atomic mass is 35.5. The summed E-state index contributed by atoms with van der Waals surface area (Å²) in [5.74, 6) is -0.611. The monoisotopic (exact) mass is 326 g/mol. The first-order valence-corrected chi connectivity index (χ1v) is 6.53. The molecular formula is C13H11Cl2F3O2. The fourth-order valence-electron chi connectivity index (χ4n) is 1.77. The summed E-state index contributed by atoms with van der Waals surface area (Å²) in [6.45, 7) is 1.31. The second kappa shape index (κ2) is 4.81. The quantitative estimate of drug-likeness (QED) is 0.610. The number of hydrogen-bond donors (Lipinski definition) is 0. The minimum atomic E-state index is -4.43. The molecular weight excluding hydrogens is 316 g/mol. The summed E-state index contributed by atoms with van der Waals surface area (Å²) in [4.78, 5) is 11.8. The average molecular weight is 327 g/mol. The third kappa shape index (κ3) is 2.88. The smallest absolute Gasteiger partial charge is 0.416 e. The SMILES string of the molecule is CC1(C(=O)OCc2cccc(C(F)(F)F)c2)CC1(Cl)Cl. The zero-order valence-electron chi connectivity index (χ0n) is 10.4. The summed E-state index contributed by atoms with van der Waals surface area (Å²) >= 11 is 11.7. The first-order valence-electron chi connectivity index (χ1n) is 5.77. The molecule has 0 aromatic heterocycles. The van der Waals surface area contributed by atoms with E-state index in [1.165, 1.54) is 12.1 Å². The Labute approximate surface area is 123 Å². The zero-order valence-corrected chi connectivity index (χ0v) is 11.9. The Hall–Kier alpha value is -0.940. The molecule has 1 saturated carbocycles. The van der Waals surface area contributed by atoms with Crippen molar-refractivity contribution in [3.8, 4) is 0 Å². The Morgan fingerprint density at radius 3 is 2.50 bits per heavy atom. The van der Waals surface area contributed by atoms with Crippen molar-refractivity contribution in [3.63, 3.8) is 0 Å². The largest absolute Gasteiger partial charge is 0.460 e. The third-order valence-electron chi connectivity index (χ3n) is 3.33. The van der Waals surface area contributed by atoms with Crippen molar-refractivity contribution in [2.75, 3.05) is 0 Å². The van der Waals surface area contributed by atoms with E-state index in [1.807, 2.05) is 0 Å². The van der Waals surface area contributed by atoms with Crippen LogP contribution in [-0.4, -0.2) is 10.3 Å². The van der Waals surface area contributed by atoms with Gasteiger partial charge in [0.1, 0.15) is 16.4 Å². The fourth-order valence-corrected chi connectivity index (χ4v) is 2.46. The molecule has 2 nitrogen and oxygen atoms in total. The lowest BCUT2D eigenvalue weighted by atomic mass is 10.1. The molecule has 1 fully saturated rings. The van der Waals surface area contributed by atoms with Crippen molar-refractivity contribution in [3.05, 3.63) is 35.4 Å². The molecule has 0 aliphatic heterocycles. The average Bonchev–Trinajstić information content (AvgIpc) is 2.86. The molecule has 1 aliphatic rings. The minimum Gasteiger partial charge on any atom is -0.460 e. The van der Waals surface area contributed by atoms with E-state index in [4.69, 9.17) is 27.9 Å². The lowest BCUT2D eigenvalue weighted by Gasteiger charge is -2.13. The fraction of sp³-hybridized carbons (Fsp3) is 0.462. The van der Waals surface area contributed by atoms with Crippen molar-refractivity contribution in [1.82, 2.24) is 0 Å². The van der Waals surface area contributed by atoms with Crippen molar-refractivity contribution < 1.29 is 22.7 Å². The van der Waals surface area contributed by atoms with Gasteiger partial charge >= 0.3 is 12.1 Å². The van der Waals surface area contributed by atoms with Gasteiger partial charge in [0.25, 0.3) is 0 Å². The van der Waals surface area contributed by atoms with Gasteiger partial charge in [0.15, 0.2) is 0 Å². The molecule has 0 amide bonds. The van der Waals surface area contributed by atoms with Gasteiger partial charge in [-0.05, 0) is 24.6 Å². The van der Waals surface area contributed by atoms with Crippen LogP contribution in [0.25, 0.3) is 0 Å². The normalized spacial score (nSPS) is 24.3. The van der Waals surface area contributed by atoms with Crippen molar-refractivity contribution in [2.24, 2.45) is 5.41 Å². The number of carbonyl (C=O) groups excluding carboxylic acids is 1. The maximum Gasteiger partial charge on any atom is 0.416 e. The van der Waals surface area contributed by atoms with Crippen LogP contribution in [0.5, 0.6) is 0 Å². The first-order chi connectivity index (χ1) is 9.06. The molecule has 0 saturated heterocycles. The Bertz CT molecular complexity index is 543. The molecule has 0 N–H and O–H groups in total. The van der Waals surface area contributed by atoms with Crippen LogP contribution in [0, 0.1) is 5.41 Å². The first kappa shape index (κ1) is 15.4. The minimum absolute atomic E-state index is 0.248. The Balaban J connectivity index is 2.00. The third-order valence-corrected chi connectivity index (χ3v) is 4.43. The Kier molecular flexibility index (Phi) is 3.71. The van der Waals surface area contributed by atoms with Crippen LogP contribution in [-0.2, 0) is 22.3 Å². The van der Waals surface area contributed by atoms with Crippen LogP contribution in [0.1, 0.15) is 24.5 Å². The van der Waals surface area contributed by atoms with E-state index < -0.39 is 27.5 Å². The number of alkyl halides is 5. The topological polar surface area (TPSA) is 26.3 Å². The van der Waals surface area contributed by atoms with E-state index in [-0.39, 0.29) is 18.6 Å². The summed E-state index contributed by atoms with van der Waals surface area (Å²) in [5, 5.41) is 0. The number of carbonyl (C=O) groups is 1. The van der Waals surface area contributed by atoms with E-state index in [9.17, 15) is 18.0 Å². The molecule has 0 spiro atoms. The van der Waals surface area contributed by atoms with Crippen molar-refractivity contribution in [2.45, 2.75) is 30.5 Å². The molecule has 7 heteroatoms. The Morgan fingerprint density at radius 1 is 1.40 bits per heavy atom. The number of ether oxygens (including phenoxy) is 1. The van der Waals surface area contributed by atoms with Gasteiger partial charge in [0, 0.05) is 6.42 Å². The maximum absolute atomic E-state index is 12.5. The van der Waals surface area contributed by atoms with Crippen molar-refractivity contribution >= 4 is 29.2 Å². The number of hydrogen-bond acceptors (Lipinski definition) is 2. The number of rotatable bonds is 3. The van der Waals surface area contributed by atoms with E-state index >= 15 is 0 Å². The molecule has 1 aromatic rings. The van der Waals surface area contributed by atoms with Gasteiger partial charge in [-0.25, -0.2) is 0 Å². The van der Waals surface area contributed by atoms with E-state index in [1.54, 1.807) is 6.92 Å². The highest BCUT2D eigenvalue weighted by Gasteiger charge is 2.69. The van der Waals surface area contributed by atoms with Crippen LogP contribution in [0.15, 0.2) is 24.3 Å². The lowest BCUT2D eigenvalue weighted by molar-refractivity contribution is -0.150. The highest BCUT2D eigenvalue weighted by Crippen LogP contribution is 2.64. The van der Waals surface area contributed by atoms with Gasteiger partial charge in [-0.3, -0.25) is 4.79 Å². The Morgan fingerprint density at radius 2 is 2.00 bits per heavy atom. The highest BCUT2D eigenvalue weighted by molar-refractivity contribution is 6.53. The van der Waals surface area contributed by atoms with E-state index in [2.05, 4.69) is 0 Å². The molecule has 1 unspecified atom stereocenters. The molecule has 1 aliphatic carbocycles. The van der Waals surface area contributed by atoms with Crippen LogP contribution in [0.3, 0.4) is 0 Å². The van der Waals surface area contributed by atoms with Gasteiger partial charge in [-0.1, -0.05) is 12.1 Å². The number of esters is 1. The van der Waals surface area contributed by atoms with Crippen LogP contribution < -0.4 is 0 Å². The standard InChI is InChI=1S/C13H11Cl2F3O2/c1-11(7-12(11,14)15)10(19)20-6-8-3-2-4-9(5-8)13(16,17)18/h2-5H,6-7H2,1H3. The summed E-state index contributed by atoms with van der Waals surface area (Å²) in [7, 11) is 0. The number of benzene rings is 1. The van der Waals surface area contributed by atoms with Gasteiger partial charge in [0.2, 0.25) is 0 Å². The second-order valence-electron chi connectivity index (χ2n) is 4.99. The predicted octanol–water partition coefficient (Wildman–Crippen LogP) is 4.33. The molecule has 1 atom stereocenters.